The Labute approximate surface area is 113 Å². The zero-order valence-electron chi connectivity index (χ0n) is 10.4. The van der Waals surface area contributed by atoms with Crippen molar-refractivity contribution in [3.05, 3.63) is 64.9 Å². The molecule has 1 atom stereocenters. The van der Waals surface area contributed by atoms with E-state index >= 15 is 0 Å². The molecule has 0 spiro atoms. The average Bonchev–Trinajstić information content (AvgIpc) is 2.40. The minimum Gasteiger partial charge on any atom is -0.310 e. The Balaban J connectivity index is 1.86. The van der Waals surface area contributed by atoms with E-state index in [2.05, 4.69) is 41.5 Å². The van der Waals surface area contributed by atoms with Crippen LogP contribution in [-0.4, -0.2) is 11.5 Å². The average molecular weight is 261 g/mol. The van der Waals surface area contributed by atoms with Crippen molar-refractivity contribution < 1.29 is 0 Å². The predicted octanol–water partition coefficient (Wildman–Crippen LogP) is 3.63. The second kappa shape index (κ2) is 6.53. The van der Waals surface area contributed by atoms with Gasteiger partial charge in [-0.05, 0) is 31.5 Å². The first kappa shape index (κ1) is 13.1. The highest BCUT2D eigenvalue weighted by Gasteiger charge is 2.08. The van der Waals surface area contributed by atoms with E-state index in [-0.39, 0.29) is 6.04 Å². The number of pyridine rings is 1. The summed E-state index contributed by atoms with van der Waals surface area (Å²) in [6.45, 7) is 3.03. The summed E-state index contributed by atoms with van der Waals surface area (Å²) in [5.41, 5.74) is 2.39. The van der Waals surface area contributed by atoms with Gasteiger partial charge in [-0.15, -0.1) is 0 Å². The van der Waals surface area contributed by atoms with E-state index in [4.69, 9.17) is 11.6 Å². The molecule has 0 unspecified atom stereocenters. The monoisotopic (exact) mass is 260 g/mol. The van der Waals surface area contributed by atoms with Gasteiger partial charge in [-0.1, -0.05) is 48.0 Å². The van der Waals surface area contributed by atoms with Gasteiger partial charge >= 0.3 is 0 Å². The van der Waals surface area contributed by atoms with Crippen LogP contribution in [0.5, 0.6) is 0 Å². The lowest BCUT2D eigenvalue weighted by Gasteiger charge is -2.14. The van der Waals surface area contributed by atoms with Gasteiger partial charge in [0.2, 0.25) is 0 Å². The molecule has 2 rings (SSSR count). The van der Waals surface area contributed by atoms with Gasteiger partial charge in [0, 0.05) is 17.8 Å². The third-order valence-electron chi connectivity index (χ3n) is 2.96. The normalized spacial score (nSPS) is 12.3. The maximum absolute atomic E-state index is 6.06. The van der Waals surface area contributed by atoms with E-state index in [1.54, 1.807) is 6.20 Å². The van der Waals surface area contributed by atoms with Crippen molar-refractivity contribution in [2.45, 2.75) is 19.4 Å². The smallest absolute Gasteiger partial charge is 0.133 e. The van der Waals surface area contributed by atoms with Crippen molar-refractivity contribution in [1.29, 1.82) is 0 Å². The minimum absolute atomic E-state index is 0.218. The van der Waals surface area contributed by atoms with Crippen molar-refractivity contribution in [2.24, 2.45) is 0 Å². The molecular weight excluding hydrogens is 244 g/mol. The van der Waals surface area contributed by atoms with Crippen LogP contribution in [0.25, 0.3) is 0 Å². The van der Waals surface area contributed by atoms with Crippen LogP contribution >= 0.6 is 11.6 Å². The molecule has 0 bridgehead atoms. The molecule has 0 saturated heterocycles. The fraction of sp³-hybridized carbons (Fsp3) is 0.267. The third kappa shape index (κ3) is 3.56. The van der Waals surface area contributed by atoms with Gasteiger partial charge in [0.05, 0.1) is 0 Å². The second-order valence-electron chi connectivity index (χ2n) is 4.29. The van der Waals surface area contributed by atoms with E-state index in [9.17, 15) is 0 Å². The number of nitrogens with zero attached hydrogens (tertiary/aromatic N) is 1. The summed E-state index contributed by atoms with van der Waals surface area (Å²) in [6.07, 6.45) is 2.73. The number of rotatable bonds is 5. The van der Waals surface area contributed by atoms with Crippen LogP contribution in [0.4, 0.5) is 0 Å². The Hall–Kier alpha value is -1.38. The van der Waals surface area contributed by atoms with Gasteiger partial charge in [-0.25, -0.2) is 4.98 Å². The molecule has 1 N–H and O–H groups in total. The highest BCUT2D eigenvalue weighted by Crippen LogP contribution is 2.19. The van der Waals surface area contributed by atoms with E-state index in [1.165, 1.54) is 5.56 Å². The Morgan fingerprint density at radius 2 is 1.94 bits per heavy atom. The Kier molecular flexibility index (Phi) is 4.73. The zero-order valence-corrected chi connectivity index (χ0v) is 11.2. The molecule has 0 radical (unpaired) electrons. The molecule has 2 aromatic rings. The standard InChI is InChI=1S/C15H17ClN2/c1-12(14-8-5-10-18-15(14)16)17-11-9-13-6-3-2-4-7-13/h2-8,10,12,17H,9,11H2,1H3/t12-/m1/s1. The van der Waals surface area contributed by atoms with Gasteiger partial charge < -0.3 is 5.32 Å². The number of benzene rings is 1. The summed E-state index contributed by atoms with van der Waals surface area (Å²) in [4.78, 5) is 4.09. The Morgan fingerprint density at radius 1 is 1.17 bits per heavy atom. The van der Waals surface area contributed by atoms with Crippen molar-refractivity contribution in [3.63, 3.8) is 0 Å². The van der Waals surface area contributed by atoms with Crippen LogP contribution in [0.1, 0.15) is 24.1 Å². The van der Waals surface area contributed by atoms with Gasteiger partial charge in [0.25, 0.3) is 0 Å². The summed E-state index contributed by atoms with van der Waals surface area (Å²) in [5, 5.41) is 4.04. The third-order valence-corrected chi connectivity index (χ3v) is 3.28. The number of halogens is 1. The molecule has 0 saturated carbocycles. The molecule has 3 heteroatoms. The molecular formula is C15H17ClN2. The molecule has 18 heavy (non-hydrogen) atoms. The summed E-state index contributed by atoms with van der Waals surface area (Å²) in [5.74, 6) is 0. The molecule has 0 aliphatic carbocycles. The van der Waals surface area contributed by atoms with Gasteiger partial charge in [0.15, 0.2) is 0 Å². The minimum atomic E-state index is 0.218. The maximum atomic E-state index is 6.06. The SMILES string of the molecule is C[C@@H](NCCc1ccccc1)c1cccnc1Cl. The molecule has 2 nitrogen and oxygen atoms in total. The molecule has 1 aromatic carbocycles. The maximum Gasteiger partial charge on any atom is 0.133 e. The van der Waals surface area contributed by atoms with Crippen LogP contribution in [0.3, 0.4) is 0 Å². The second-order valence-corrected chi connectivity index (χ2v) is 4.65. The largest absolute Gasteiger partial charge is 0.310 e. The molecule has 0 amide bonds. The molecule has 0 aliphatic rings. The van der Waals surface area contributed by atoms with Gasteiger partial charge in [-0.2, -0.15) is 0 Å². The lowest BCUT2D eigenvalue weighted by atomic mass is 10.1. The summed E-state index contributed by atoms with van der Waals surface area (Å²) < 4.78 is 0. The van der Waals surface area contributed by atoms with Gasteiger partial charge in [-0.3, -0.25) is 0 Å². The van der Waals surface area contributed by atoms with Crippen LogP contribution in [0.15, 0.2) is 48.7 Å². The number of hydrogen-bond donors (Lipinski definition) is 1. The summed E-state index contributed by atoms with van der Waals surface area (Å²) >= 11 is 6.06. The number of hydrogen-bond acceptors (Lipinski definition) is 2. The summed E-state index contributed by atoms with van der Waals surface area (Å²) in [7, 11) is 0. The first-order valence-electron chi connectivity index (χ1n) is 6.15. The number of aromatic nitrogens is 1. The van der Waals surface area contributed by atoms with Crippen molar-refractivity contribution >= 4 is 11.6 Å². The lowest BCUT2D eigenvalue weighted by Crippen LogP contribution is -2.21. The van der Waals surface area contributed by atoms with E-state index < -0.39 is 0 Å². The number of nitrogens with one attached hydrogen (secondary N) is 1. The van der Waals surface area contributed by atoms with Gasteiger partial charge in [0.1, 0.15) is 5.15 Å². The summed E-state index contributed by atoms with van der Waals surface area (Å²) in [6, 6.07) is 14.6. The first-order valence-corrected chi connectivity index (χ1v) is 6.53. The van der Waals surface area contributed by atoms with Crippen LogP contribution < -0.4 is 5.32 Å². The van der Waals surface area contributed by atoms with Crippen LogP contribution in [0, 0.1) is 0 Å². The van der Waals surface area contributed by atoms with Crippen LogP contribution in [-0.2, 0) is 6.42 Å². The molecule has 0 aliphatic heterocycles. The lowest BCUT2D eigenvalue weighted by molar-refractivity contribution is 0.575. The van der Waals surface area contributed by atoms with Crippen molar-refractivity contribution in [2.75, 3.05) is 6.54 Å². The van der Waals surface area contributed by atoms with Crippen molar-refractivity contribution in [1.82, 2.24) is 10.3 Å². The highest BCUT2D eigenvalue weighted by atomic mass is 35.5. The predicted molar refractivity (Wildman–Crippen MR) is 75.8 cm³/mol. The zero-order chi connectivity index (χ0) is 12.8. The quantitative estimate of drug-likeness (QED) is 0.831. The van der Waals surface area contributed by atoms with E-state index in [0.29, 0.717) is 5.15 Å². The topological polar surface area (TPSA) is 24.9 Å². The molecule has 1 heterocycles. The first-order chi connectivity index (χ1) is 8.77. The van der Waals surface area contributed by atoms with E-state index in [0.717, 1.165) is 18.5 Å². The Bertz CT molecular complexity index is 485. The van der Waals surface area contributed by atoms with Crippen LogP contribution in [0.2, 0.25) is 5.15 Å². The highest BCUT2D eigenvalue weighted by molar-refractivity contribution is 6.30. The van der Waals surface area contributed by atoms with Crippen molar-refractivity contribution in [3.8, 4) is 0 Å². The molecule has 0 fully saturated rings. The van der Waals surface area contributed by atoms with E-state index in [1.807, 2.05) is 18.2 Å². The molecule has 1 aromatic heterocycles. The molecule has 94 valence electrons. The fourth-order valence-electron chi connectivity index (χ4n) is 1.91. The Morgan fingerprint density at radius 3 is 2.67 bits per heavy atom. The fourth-order valence-corrected chi connectivity index (χ4v) is 2.19.